The molecule has 0 spiro atoms. The number of imidazole rings is 1. The van der Waals surface area contributed by atoms with Crippen LogP contribution in [0.15, 0.2) is 31.1 Å². The monoisotopic (exact) mass is 395 g/mol. The molecule has 3 aromatic rings. The second-order valence-corrected chi connectivity index (χ2v) is 9.03. The zero-order valence-electron chi connectivity index (χ0n) is 16.1. The topological polar surface area (TPSA) is 75.6 Å². The van der Waals surface area contributed by atoms with Gasteiger partial charge in [-0.05, 0) is 43.4 Å². The van der Waals surface area contributed by atoms with Gasteiger partial charge < -0.3 is 15.5 Å². The first-order valence-corrected chi connectivity index (χ1v) is 10.6. The molecule has 1 unspecified atom stereocenters. The molecule has 0 bridgehead atoms. The lowest BCUT2D eigenvalue weighted by atomic mass is 9.90. The van der Waals surface area contributed by atoms with Gasteiger partial charge in [-0.25, -0.2) is 9.50 Å². The van der Waals surface area contributed by atoms with Crippen molar-refractivity contribution in [2.24, 2.45) is 11.1 Å². The van der Waals surface area contributed by atoms with Crippen molar-refractivity contribution >= 4 is 32.8 Å². The minimum atomic E-state index is 0.183. The molecule has 8 heteroatoms. The van der Waals surface area contributed by atoms with Crippen molar-refractivity contribution < 1.29 is 0 Å². The maximum absolute atomic E-state index is 5.94. The molecular weight excluding hydrogens is 370 g/mol. The number of aromatic nitrogens is 4. The van der Waals surface area contributed by atoms with Gasteiger partial charge >= 0.3 is 0 Å². The fraction of sp³-hybridized carbons (Fsp3) is 0.450. The molecule has 0 saturated carbocycles. The molecule has 0 aliphatic carbocycles. The predicted molar refractivity (Wildman–Crippen MR) is 114 cm³/mol. The molecule has 1 saturated heterocycles. The lowest BCUT2D eigenvalue weighted by molar-refractivity contribution is 0.383. The minimum Gasteiger partial charge on any atom is -0.346 e. The van der Waals surface area contributed by atoms with E-state index in [1.54, 1.807) is 11.3 Å². The highest BCUT2D eigenvalue weighted by atomic mass is 32.1. The van der Waals surface area contributed by atoms with Gasteiger partial charge in [0.1, 0.15) is 5.69 Å². The molecule has 28 heavy (non-hydrogen) atoms. The van der Waals surface area contributed by atoms with Gasteiger partial charge in [-0.2, -0.15) is 0 Å². The van der Waals surface area contributed by atoms with E-state index >= 15 is 0 Å². The lowest BCUT2D eigenvalue weighted by Gasteiger charge is -2.31. The first-order chi connectivity index (χ1) is 13.6. The first kappa shape index (κ1) is 17.6. The van der Waals surface area contributed by atoms with Crippen molar-refractivity contribution in [3.05, 3.63) is 42.5 Å². The van der Waals surface area contributed by atoms with E-state index in [4.69, 9.17) is 15.8 Å². The third-order valence-electron chi connectivity index (χ3n) is 5.93. The van der Waals surface area contributed by atoms with Crippen LogP contribution >= 0.6 is 11.3 Å². The van der Waals surface area contributed by atoms with Crippen molar-refractivity contribution in [1.82, 2.24) is 19.6 Å². The number of rotatable bonds is 4. The van der Waals surface area contributed by atoms with E-state index < -0.39 is 0 Å². The second-order valence-electron chi connectivity index (χ2n) is 8.10. The zero-order chi connectivity index (χ0) is 19.3. The minimum absolute atomic E-state index is 0.183. The number of nitrogens with zero attached hydrogens (tertiary/aromatic N) is 6. The van der Waals surface area contributed by atoms with Crippen LogP contribution in [0, 0.1) is 5.41 Å². The van der Waals surface area contributed by atoms with E-state index in [1.165, 1.54) is 0 Å². The molecule has 2 aliphatic rings. The summed E-state index contributed by atoms with van der Waals surface area (Å²) in [4.78, 5) is 14.8. The van der Waals surface area contributed by atoms with Crippen molar-refractivity contribution in [3.8, 4) is 0 Å². The molecule has 1 fully saturated rings. The molecule has 2 aliphatic heterocycles. The highest BCUT2D eigenvalue weighted by Gasteiger charge is 2.34. The molecule has 146 valence electrons. The Kier molecular flexibility index (Phi) is 4.13. The van der Waals surface area contributed by atoms with Crippen LogP contribution in [-0.2, 0) is 6.42 Å². The van der Waals surface area contributed by atoms with Crippen molar-refractivity contribution in [3.63, 3.8) is 0 Å². The van der Waals surface area contributed by atoms with Crippen LogP contribution in [-0.4, -0.2) is 45.8 Å². The van der Waals surface area contributed by atoms with Crippen LogP contribution in [0.25, 0.3) is 10.7 Å². The Hall–Kier alpha value is -2.45. The Morgan fingerprint density at radius 1 is 1.39 bits per heavy atom. The van der Waals surface area contributed by atoms with Crippen LogP contribution in [0.1, 0.15) is 31.2 Å². The summed E-state index contributed by atoms with van der Waals surface area (Å²) in [5, 5.41) is 5.79. The van der Waals surface area contributed by atoms with Crippen molar-refractivity contribution in [1.29, 1.82) is 0 Å². The van der Waals surface area contributed by atoms with Crippen molar-refractivity contribution in [2.45, 2.75) is 26.2 Å². The van der Waals surface area contributed by atoms with Gasteiger partial charge in [-0.15, -0.1) is 5.10 Å². The Balaban J connectivity index is 1.40. The summed E-state index contributed by atoms with van der Waals surface area (Å²) in [6.45, 7) is 10.2. The van der Waals surface area contributed by atoms with E-state index in [9.17, 15) is 0 Å². The summed E-state index contributed by atoms with van der Waals surface area (Å²) >= 11 is 1.63. The smallest absolute Gasteiger partial charge is 0.214 e. The lowest BCUT2D eigenvalue weighted by Crippen LogP contribution is -2.31. The quantitative estimate of drug-likeness (QED) is 0.732. The van der Waals surface area contributed by atoms with Crippen LogP contribution in [0.5, 0.6) is 0 Å². The van der Waals surface area contributed by atoms with Gasteiger partial charge in [0, 0.05) is 25.8 Å². The van der Waals surface area contributed by atoms with Gasteiger partial charge in [-0.3, -0.25) is 4.98 Å². The third-order valence-corrected chi connectivity index (χ3v) is 6.91. The standard InChI is InChI=1S/C20H25N7S/c1-14(26-9-4-5-15-17(26)6-3-8-22-15)16-11-27-18(23-16)28-19(24-27)25-10-7-20(2,12-21)13-25/h3,6,8,11H,1,4-5,7,9-10,12-13,21H2,2H3. The van der Waals surface area contributed by atoms with E-state index in [-0.39, 0.29) is 5.41 Å². The molecule has 5 heterocycles. The van der Waals surface area contributed by atoms with E-state index in [0.29, 0.717) is 6.54 Å². The predicted octanol–water partition coefficient (Wildman–Crippen LogP) is 2.78. The number of fused-ring (bicyclic) bond motifs is 2. The van der Waals surface area contributed by atoms with Gasteiger partial charge in [-0.1, -0.05) is 24.8 Å². The van der Waals surface area contributed by atoms with Crippen molar-refractivity contribution in [2.75, 3.05) is 36.0 Å². The number of hydrogen-bond donors (Lipinski definition) is 1. The molecule has 2 N–H and O–H groups in total. The fourth-order valence-electron chi connectivity index (χ4n) is 4.12. The summed E-state index contributed by atoms with van der Waals surface area (Å²) in [5.74, 6) is 0. The van der Waals surface area contributed by atoms with E-state index in [1.807, 2.05) is 23.0 Å². The summed E-state index contributed by atoms with van der Waals surface area (Å²) in [5.41, 5.74) is 10.2. The average Bonchev–Trinajstić information content (AvgIpc) is 3.40. The largest absolute Gasteiger partial charge is 0.346 e. The zero-order valence-corrected chi connectivity index (χ0v) is 17.0. The normalized spacial score (nSPS) is 22.1. The third kappa shape index (κ3) is 2.87. The second kappa shape index (κ2) is 6.56. The van der Waals surface area contributed by atoms with Gasteiger partial charge in [0.15, 0.2) is 0 Å². The van der Waals surface area contributed by atoms with E-state index in [2.05, 4.69) is 34.4 Å². The Morgan fingerprint density at radius 2 is 2.29 bits per heavy atom. The maximum atomic E-state index is 5.94. The number of hydrogen-bond acceptors (Lipinski definition) is 7. The molecular formula is C20H25N7S. The molecule has 0 aromatic carbocycles. The number of anilines is 2. The summed E-state index contributed by atoms with van der Waals surface area (Å²) in [6.07, 6.45) is 7.04. The maximum Gasteiger partial charge on any atom is 0.214 e. The van der Waals surface area contributed by atoms with Crippen LogP contribution < -0.4 is 15.5 Å². The number of pyridine rings is 1. The van der Waals surface area contributed by atoms with Crippen LogP contribution in [0.2, 0.25) is 0 Å². The Morgan fingerprint density at radius 3 is 3.07 bits per heavy atom. The molecule has 0 radical (unpaired) electrons. The molecule has 1 atom stereocenters. The fourth-order valence-corrected chi connectivity index (χ4v) is 5.03. The summed E-state index contributed by atoms with van der Waals surface area (Å²) in [7, 11) is 0. The molecule has 7 nitrogen and oxygen atoms in total. The molecule has 5 rings (SSSR count). The van der Waals surface area contributed by atoms with Gasteiger partial charge in [0.05, 0.1) is 23.3 Å². The van der Waals surface area contributed by atoms with Gasteiger partial charge in [0.2, 0.25) is 10.1 Å². The Labute approximate surface area is 168 Å². The highest BCUT2D eigenvalue weighted by Crippen LogP contribution is 2.35. The van der Waals surface area contributed by atoms with E-state index in [0.717, 1.165) is 71.8 Å². The SMILES string of the molecule is C=C(c1cn2nc(N3CCC(C)(CN)C3)sc2n1)N1CCCc2ncccc21. The first-order valence-electron chi connectivity index (χ1n) is 9.78. The number of nitrogens with two attached hydrogens (primary N) is 1. The summed E-state index contributed by atoms with van der Waals surface area (Å²) in [6, 6.07) is 4.10. The Bertz CT molecular complexity index is 1010. The number of aryl methyl sites for hydroxylation is 1. The average molecular weight is 396 g/mol. The van der Waals surface area contributed by atoms with Crippen LogP contribution in [0.4, 0.5) is 10.8 Å². The molecule has 0 amide bonds. The highest BCUT2D eigenvalue weighted by molar-refractivity contribution is 7.20. The van der Waals surface area contributed by atoms with Crippen LogP contribution in [0.3, 0.4) is 0 Å². The summed E-state index contributed by atoms with van der Waals surface area (Å²) < 4.78 is 1.88. The van der Waals surface area contributed by atoms with Gasteiger partial charge in [0.25, 0.3) is 0 Å². The molecule has 3 aromatic heterocycles.